The zero-order chi connectivity index (χ0) is 15.9. The predicted molar refractivity (Wildman–Crippen MR) is 72.6 cm³/mol. The first-order chi connectivity index (χ1) is 9.80. The van der Waals surface area contributed by atoms with Crippen LogP contribution in [0.25, 0.3) is 0 Å². The van der Waals surface area contributed by atoms with E-state index in [1.165, 1.54) is 12.1 Å². The summed E-state index contributed by atoms with van der Waals surface area (Å²) < 4.78 is 42.5. The molecule has 0 bridgehead atoms. The van der Waals surface area contributed by atoms with Crippen molar-refractivity contribution in [1.82, 2.24) is 5.32 Å². The summed E-state index contributed by atoms with van der Waals surface area (Å²) in [5.74, 6) is 5.15. The van der Waals surface area contributed by atoms with E-state index in [-0.39, 0.29) is 30.7 Å². The molecule has 0 spiro atoms. The summed E-state index contributed by atoms with van der Waals surface area (Å²) in [5, 5.41) is 2.59. The monoisotopic (exact) mass is 299 g/mol. The molecule has 0 atom stereocenters. The predicted octanol–water partition coefficient (Wildman–Crippen LogP) is 2.86. The smallest absolute Gasteiger partial charge is 0.416 e. The Morgan fingerprint density at radius 2 is 2.05 bits per heavy atom. The van der Waals surface area contributed by atoms with Crippen molar-refractivity contribution in [3.05, 3.63) is 29.8 Å². The summed E-state index contributed by atoms with van der Waals surface area (Å²) in [4.78, 5) is 11.2. The van der Waals surface area contributed by atoms with Crippen LogP contribution in [0.15, 0.2) is 24.3 Å². The van der Waals surface area contributed by atoms with Gasteiger partial charge in [-0.25, -0.2) is 0 Å². The molecule has 114 valence electrons. The van der Waals surface area contributed by atoms with Gasteiger partial charge in [-0.2, -0.15) is 13.2 Å². The third kappa shape index (κ3) is 6.21. The normalized spacial score (nSPS) is 10.8. The first-order valence-corrected chi connectivity index (χ1v) is 6.34. The maximum Gasteiger partial charge on any atom is 0.416 e. The van der Waals surface area contributed by atoms with Crippen LogP contribution in [0.3, 0.4) is 0 Å². The fourth-order valence-electron chi connectivity index (χ4n) is 1.33. The maximum absolute atomic E-state index is 12.5. The molecule has 0 heterocycles. The second-order valence-corrected chi connectivity index (χ2v) is 4.54. The SMILES string of the molecule is CC(C)C(=O)NCC#CCOc1cccc(C(F)(F)F)c1. The number of halogens is 3. The summed E-state index contributed by atoms with van der Waals surface area (Å²) in [6, 6.07) is 4.59. The minimum absolute atomic E-state index is 0.0428. The number of ether oxygens (including phenoxy) is 1. The summed E-state index contributed by atoms with van der Waals surface area (Å²) >= 11 is 0. The van der Waals surface area contributed by atoms with Gasteiger partial charge in [-0.1, -0.05) is 31.8 Å². The average molecular weight is 299 g/mol. The van der Waals surface area contributed by atoms with Crippen LogP contribution in [-0.4, -0.2) is 19.1 Å². The van der Waals surface area contributed by atoms with Crippen molar-refractivity contribution in [1.29, 1.82) is 0 Å². The number of nitrogens with one attached hydrogen (secondary N) is 1. The summed E-state index contributed by atoms with van der Waals surface area (Å²) in [7, 11) is 0. The van der Waals surface area contributed by atoms with E-state index < -0.39 is 11.7 Å². The van der Waals surface area contributed by atoms with Gasteiger partial charge in [-0.15, -0.1) is 0 Å². The van der Waals surface area contributed by atoms with Gasteiger partial charge >= 0.3 is 6.18 Å². The number of amides is 1. The Balaban J connectivity index is 2.42. The van der Waals surface area contributed by atoms with Crippen LogP contribution >= 0.6 is 0 Å². The molecule has 0 radical (unpaired) electrons. The Morgan fingerprint density at radius 3 is 2.67 bits per heavy atom. The van der Waals surface area contributed by atoms with E-state index in [9.17, 15) is 18.0 Å². The van der Waals surface area contributed by atoms with Gasteiger partial charge < -0.3 is 10.1 Å². The van der Waals surface area contributed by atoms with Gasteiger partial charge in [0.1, 0.15) is 12.4 Å². The number of carbonyl (C=O) groups excluding carboxylic acids is 1. The van der Waals surface area contributed by atoms with E-state index in [2.05, 4.69) is 17.2 Å². The molecule has 6 heteroatoms. The Labute approximate surface area is 121 Å². The number of carbonyl (C=O) groups is 1. The van der Waals surface area contributed by atoms with Gasteiger partial charge in [0.05, 0.1) is 12.1 Å². The maximum atomic E-state index is 12.5. The van der Waals surface area contributed by atoms with Gasteiger partial charge in [-0.05, 0) is 18.2 Å². The molecule has 0 aromatic heterocycles. The van der Waals surface area contributed by atoms with Crippen molar-refractivity contribution in [2.45, 2.75) is 20.0 Å². The molecule has 1 aromatic rings. The van der Waals surface area contributed by atoms with Crippen LogP contribution in [0.5, 0.6) is 5.75 Å². The van der Waals surface area contributed by atoms with Crippen molar-refractivity contribution in [2.75, 3.05) is 13.2 Å². The second-order valence-electron chi connectivity index (χ2n) is 4.54. The van der Waals surface area contributed by atoms with Gasteiger partial charge in [0.2, 0.25) is 5.91 Å². The Hall–Kier alpha value is -2.16. The van der Waals surface area contributed by atoms with E-state index in [4.69, 9.17) is 4.74 Å². The van der Waals surface area contributed by atoms with Crippen molar-refractivity contribution in [3.63, 3.8) is 0 Å². The van der Waals surface area contributed by atoms with Crippen LogP contribution in [0.2, 0.25) is 0 Å². The Morgan fingerprint density at radius 1 is 1.33 bits per heavy atom. The summed E-state index contributed by atoms with van der Waals surface area (Å²) in [6.45, 7) is 3.67. The largest absolute Gasteiger partial charge is 0.481 e. The fourth-order valence-corrected chi connectivity index (χ4v) is 1.33. The average Bonchev–Trinajstić information content (AvgIpc) is 2.41. The number of benzene rings is 1. The topological polar surface area (TPSA) is 38.3 Å². The molecule has 1 amide bonds. The highest BCUT2D eigenvalue weighted by atomic mass is 19.4. The molecule has 1 rings (SSSR count). The van der Waals surface area contributed by atoms with Gasteiger partial charge in [0, 0.05) is 5.92 Å². The lowest BCUT2D eigenvalue weighted by Gasteiger charge is -2.08. The minimum atomic E-state index is -4.40. The third-order valence-electron chi connectivity index (χ3n) is 2.47. The molecule has 3 nitrogen and oxygen atoms in total. The number of hydrogen-bond acceptors (Lipinski definition) is 2. The fraction of sp³-hybridized carbons (Fsp3) is 0.400. The zero-order valence-corrected chi connectivity index (χ0v) is 11.8. The minimum Gasteiger partial charge on any atom is -0.481 e. The molecular formula is C15H16F3NO2. The number of hydrogen-bond donors (Lipinski definition) is 1. The van der Waals surface area contributed by atoms with Gasteiger partial charge in [-0.3, -0.25) is 4.79 Å². The van der Waals surface area contributed by atoms with E-state index in [1.807, 2.05) is 0 Å². The zero-order valence-electron chi connectivity index (χ0n) is 11.8. The van der Waals surface area contributed by atoms with Crippen LogP contribution in [0.1, 0.15) is 19.4 Å². The molecule has 0 unspecified atom stereocenters. The lowest BCUT2D eigenvalue weighted by molar-refractivity contribution is -0.137. The highest BCUT2D eigenvalue weighted by Gasteiger charge is 2.30. The number of alkyl halides is 3. The van der Waals surface area contributed by atoms with E-state index in [0.29, 0.717) is 0 Å². The van der Waals surface area contributed by atoms with Gasteiger partial charge in [0.15, 0.2) is 0 Å². The van der Waals surface area contributed by atoms with Crippen LogP contribution in [0.4, 0.5) is 13.2 Å². The van der Waals surface area contributed by atoms with Crippen molar-refractivity contribution in [3.8, 4) is 17.6 Å². The molecule has 1 aromatic carbocycles. The van der Waals surface area contributed by atoms with Crippen molar-refractivity contribution in [2.24, 2.45) is 5.92 Å². The van der Waals surface area contributed by atoms with Crippen LogP contribution in [0, 0.1) is 17.8 Å². The molecule has 0 saturated carbocycles. The highest BCUT2D eigenvalue weighted by molar-refractivity contribution is 5.78. The lowest BCUT2D eigenvalue weighted by Crippen LogP contribution is -2.27. The Bertz CT molecular complexity index is 542. The highest BCUT2D eigenvalue weighted by Crippen LogP contribution is 2.31. The van der Waals surface area contributed by atoms with Crippen LogP contribution < -0.4 is 10.1 Å². The Kier molecular flexibility index (Phi) is 6.10. The molecular weight excluding hydrogens is 283 g/mol. The first kappa shape index (κ1) is 16.9. The summed E-state index contributed by atoms with van der Waals surface area (Å²) in [6.07, 6.45) is -4.40. The lowest BCUT2D eigenvalue weighted by atomic mass is 10.2. The van der Waals surface area contributed by atoms with Crippen molar-refractivity contribution < 1.29 is 22.7 Å². The van der Waals surface area contributed by atoms with Crippen molar-refractivity contribution >= 4 is 5.91 Å². The molecule has 0 aliphatic rings. The molecule has 0 aliphatic carbocycles. The van der Waals surface area contributed by atoms with E-state index in [0.717, 1.165) is 12.1 Å². The van der Waals surface area contributed by atoms with E-state index in [1.54, 1.807) is 13.8 Å². The molecule has 21 heavy (non-hydrogen) atoms. The van der Waals surface area contributed by atoms with Gasteiger partial charge in [0.25, 0.3) is 0 Å². The molecule has 1 N–H and O–H groups in total. The third-order valence-corrected chi connectivity index (χ3v) is 2.47. The standard InChI is InChI=1S/C15H16F3NO2/c1-11(2)14(20)19-8-3-4-9-21-13-7-5-6-12(10-13)15(16,17)18/h5-7,10-11H,8-9H2,1-2H3,(H,19,20). The number of rotatable bonds is 4. The second kappa shape index (κ2) is 7.58. The first-order valence-electron chi connectivity index (χ1n) is 6.34. The van der Waals surface area contributed by atoms with Crippen LogP contribution in [-0.2, 0) is 11.0 Å². The quantitative estimate of drug-likeness (QED) is 0.868. The molecule has 0 saturated heterocycles. The summed E-state index contributed by atoms with van der Waals surface area (Å²) in [5.41, 5.74) is -0.767. The van der Waals surface area contributed by atoms with E-state index >= 15 is 0 Å². The molecule has 0 fully saturated rings. The molecule has 0 aliphatic heterocycles.